The van der Waals surface area contributed by atoms with Crippen molar-refractivity contribution < 1.29 is 13.9 Å². The van der Waals surface area contributed by atoms with Gasteiger partial charge in [0.15, 0.2) is 5.60 Å². The van der Waals surface area contributed by atoms with Gasteiger partial charge >= 0.3 is 0 Å². The summed E-state index contributed by atoms with van der Waals surface area (Å²) in [4.78, 5) is 19.3. The van der Waals surface area contributed by atoms with Crippen LogP contribution in [-0.2, 0) is 10.2 Å². The van der Waals surface area contributed by atoms with E-state index < -0.39 is 11.0 Å². The van der Waals surface area contributed by atoms with Crippen molar-refractivity contribution >= 4 is 41.0 Å². The van der Waals surface area contributed by atoms with Crippen molar-refractivity contribution in [2.75, 3.05) is 20.6 Å². The molecule has 0 unspecified atom stereocenters. The Hall–Kier alpha value is -2.93. The third-order valence-electron chi connectivity index (χ3n) is 7.87. The molecule has 1 N–H and O–H groups in total. The molecule has 0 saturated carbocycles. The van der Waals surface area contributed by atoms with Gasteiger partial charge in [0.05, 0.1) is 11.1 Å². The predicted molar refractivity (Wildman–Crippen MR) is 155 cm³/mol. The van der Waals surface area contributed by atoms with Crippen LogP contribution in [0, 0.1) is 12.7 Å². The molecule has 8 heteroatoms. The highest BCUT2D eigenvalue weighted by molar-refractivity contribution is 6.31. The molecule has 0 bridgehead atoms. The molecule has 5 rings (SSSR count). The maximum absolute atomic E-state index is 14.6. The molecule has 2 aliphatic rings. The average molecular weight is 569 g/mol. The zero-order valence-corrected chi connectivity index (χ0v) is 24.2. The number of benzene rings is 3. The number of rotatable bonds is 5. The van der Waals surface area contributed by atoms with Crippen molar-refractivity contribution in [3.63, 3.8) is 0 Å². The number of nitrogens with zero attached hydrogens (tertiary/aromatic N) is 2. The molecule has 1 amide bonds. The first-order valence-corrected chi connectivity index (χ1v) is 13.7. The van der Waals surface area contributed by atoms with Gasteiger partial charge < -0.3 is 15.0 Å². The van der Waals surface area contributed by atoms with Crippen molar-refractivity contribution in [1.82, 2.24) is 10.2 Å². The van der Waals surface area contributed by atoms with Crippen LogP contribution in [0.1, 0.15) is 54.5 Å². The van der Waals surface area contributed by atoms with E-state index >= 15 is 0 Å². The molecule has 2 heterocycles. The molecule has 1 fully saturated rings. The summed E-state index contributed by atoms with van der Waals surface area (Å²) >= 11 is 13.0. The first-order valence-electron chi connectivity index (χ1n) is 13.0. The largest absolute Gasteiger partial charge is 0.478 e. The highest BCUT2D eigenvalue weighted by atomic mass is 35.5. The number of likely N-dealkylation sites (N-methyl/N-ethyl adjacent to an activating group) is 1. The summed E-state index contributed by atoms with van der Waals surface area (Å²) in [7, 11) is 3.42. The maximum Gasteiger partial charge on any atom is 0.265 e. The normalized spacial score (nSPS) is 22.2. The van der Waals surface area contributed by atoms with E-state index in [2.05, 4.69) is 5.32 Å². The third kappa shape index (κ3) is 4.83. The van der Waals surface area contributed by atoms with Crippen molar-refractivity contribution in [1.29, 1.82) is 0 Å². The van der Waals surface area contributed by atoms with Crippen LogP contribution in [0.25, 0.3) is 0 Å². The summed E-state index contributed by atoms with van der Waals surface area (Å²) in [5.41, 5.74) is 2.67. The smallest absolute Gasteiger partial charge is 0.265 e. The molecule has 3 aromatic rings. The minimum absolute atomic E-state index is 0.154. The second kappa shape index (κ2) is 10.2. The summed E-state index contributed by atoms with van der Waals surface area (Å²) in [5, 5.41) is 4.84. The molecule has 1 saturated heterocycles. The second-order valence-corrected chi connectivity index (χ2v) is 11.9. The zero-order valence-electron chi connectivity index (χ0n) is 22.7. The number of carbonyl (C=O) groups excluding carboxylic acids is 1. The Kier molecular flexibility index (Phi) is 7.25. The van der Waals surface area contributed by atoms with Crippen LogP contribution in [0.2, 0.25) is 10.0 Å². The van der Waals surface area contributed by atoms with Crippen molar-refractivity contribution in [3.8, 4) is 5.75 Å². The highest BCUT2D eigenvalue weighted by Crippen LogP contribution is 2.58. The lowest BCUT2D eigenvalue weighted by Crippen LogP contribution is -2.52. The molecule has 0 aromatic heterocycles. The van der Waals surface area contributed by atoms with Crippen molar-refractivity contribution in [3.05, 3.63) is 92.7 Å². The van der Waals surface area contributed by atoms with Gasteiger partial charge in [-0.05, 0) is 92.9 Å². The van der Waals surface area contributed by atoms with Gasteiger partial charge in [-0.3, -0.25) is 9.79 Å². The van der Waals surface area contributed by atoms with Crippen LogP contribution in [-0.4, -0.2) is 43.3 Å². The molecule has 0 aliphatic carbocycles. The second-order valence-electron chi connectivity index (χ2n) is 11.1. The average Bonchev–Trinajstić information content (AvgIpc) is 3.24. The fourth-order valence-corrected chi connectivity index (χ4v) is 6.50. The lowest BCUT2D eigenvalue weighted by atomic mass is 9.59. The summed E-state index contributed by atoms with van der Waals surface area (Å²) < 4.78 is 21.1. The monoisotopic (exact) mass is 567 g/mol. The summed E-state index contributed by atoms with van der Waals surface area (Å²) in [6.07, 6.45) is 2.71. The van der Waals surface area contributed by atoms with Crippen LogP contribution >= 0.6 is 23.2 Å². The quantitative estimate of drug-likeness (QED) is 0.356. The number of fused-ring (bicyclic) bond motifs is 2. The number of nitrogens with one attached hydrogen (secondary N) is 1. The Bertz CT molecular complexity index is 1470. The number of halogens is 3. The number of amides is 1. The number of carbonyl (C=O) groups is 1. The molecule has 0 radical (unpaired) electrons. The van der Waals surface area contributed by atoms with Crippen LogP contribution in [0.15, 0.2) is 59.6 Å². The molecule has 5 nitrogen and oxygen atoms in total. The van der Waals surface area contributed by atoms with Gasteiger partial charge in [-0.25, -0.2) is 4.39 Å². The minimum Gasteiger partial charge on any atom is -0.478 e. The number of hydrogen-bond acceptors (Lipinski definition) is 4. The summed E-state index contributed by atoms with van der Waals surface area (Å²) in [6, 6.07) is 15.9. The van der Waals surface area contributed by atoms with Gasteiger partial charge in [0.25, 0.3) is 5.91 Å². The van der Waals surface area contributed by atoms with E-state index in [9.17, 15) is 9.18 Å². The Balaban J connectivity index is 1.72. The van der Waals surface area contributed by atoms with Crippen molar-refractivity contribution in [2.24, 2.45) is 4.99 Å². The summed E-state index contributed by atoms with van der Waals surface area (Å²) in [6.45, 7) is 6.19. The predicted octanol–water partition coefficient (Wildman–Crippen LogP) is 7.16. The standard InChI is InChI=1S/C31H32Cl2FN3O2/c1-18-6-9-21(34)16-22(18)28-31(17-36-26-15-20(33)7-10-25(26)31)24(12-13-35-28)23-14-19(32)8-11-27(23)39-30(2,3)29(38)37(4)5/h6-11,14-17,24,28,35H,12-13H2,1-5H3/t24-,28-,31+/m0/s1. The van der Waals surface area contributed by atoms with E-state index in [1.54, 1.807) is 40.1 Å². The lowest BCUT2D eigenvalue weighted by molar-refractivity contribution is -0.142. The van der Waals surface area contributed by atoms with Crippen LogP contribution in [0.4, 0.5) is 10.1 Å². The molecular weight excluding hydrogens is 536 g/mol. The highest BCUT2D eigenvalue weighted by Gasteiger charge is 2.53. The molecule has 39 heavy (non-hydrogen) atoms. The lowest BCUT2D eigenvalue weighted by Gasteiger charge is -2.48. The van der Waals surface area contributed by atoms with E-state index in [4.69, 9.17) is 32.9 Å². The van der Waals surface area contributed by atoms with E-state index in [-0.39, 0.29) is 23.7 Å². The zero-order chi connectivity index (χ0) is 28.1. The van der Waals surface area contributed by atoms with E-state index in [0.717, 1.165) is 34.4 Å². The van der Waals surface area contributed by atoms with Gasteiger partial charge in [0.1, 0.15) is 11.6 Å². The van der Waals surface area contributed by atoms with Gasteiger partial charge in [0.2, 0.25) is 0 Å². The Morgan fingerprint density at radius 2 is 1.79 bits per heavy atom. The van der Waals surface area contributed by atoms with E-state index in [0.29, 0.717) is 22.3 Å². The van der Waals surface area contributed by atoms with E-state index in [1.807, 2.05) is 49.5 Å². The van der Waals surface area contributed by atoms with Gasteiger partial charge in [-0.1, -0.05) is 35.3 Å². The Labute approximate surface area is 239 Å². The van der Waals surface area contributed by atoms with E-state index in [1.165, 1.54) is 11.0 Å². The number of piperidine rings is 1. The topological polar surface area (TPSA) is 53.9 Å². The van der Waals surface area contributed by atoms with Crippen LogP contribution < -0.4 is 10.1 Å². The number of hydrogen-bond donors (Lipinski definition) is 1. The Morgan fingerprint density at radius 1 is 1.08 bits per heavy atom. The van der Waals surface area contributed by atoms with Crippen LogP contribution in [0.5, 0.6) is 5.75 Å². The molecular formula is C31H32Cl2FN3O2. The SMILES string of the molecule is Cc1ccc(F)cc1[C@@H]1NCC[C@@H](c2cc(Cl)ccc2OC(C)(C)C(=O)N(C)C)[C@@]12C=Nc1cc(Cl)ccc12. The first kappa shape index (κ1) is 27.6. The molecule has 3 atom stereocenters. The summed E-state index contributed by atoms with van der Waals surface area (Å²) in [5.74, 6) is -0.0243. The number of aliphatic imine (C=N–C) groups is 1. The maximum atomic E-state index is 14.6. The molecule has 3 aromatic carbocycles. The minimum atomic E-state index is -1.11. The molecule has 2 aliphatic heterocycles. The van der Waals surface area contributed by atoms with Gasteiger partial charge in [-0.15, -0.1) is 0 Å². The fraction of sp³-hybridized carbons (Fsp3) is 0.355. The Morgan fingerprint density at radius 3 is 2.54 bits per heavy atom. The fourth-order valence-electron chi connectivity index (χ4n) is 6.16. The van der Waals surface area contributed by atoms with Gasteiger partial charge in [-0.2, -0.15) is 0 Å². The number of ether oxygens (including phenoxy) is 1. The first-order chi connectivity index (χ1) is 18.4. The molecule has 204 valence electrons. The third-order valence-corrected chi connectivity index (χ3v) is 8.34. The van der Waals surface area contributed by atoms with Crippen molar-refractivity contribution in [2.45, 2.75) is 50.2 Å². The molecule has 1 spiro atoms. The van der Waals surface area contributed by atoms with Gasteiger partial charge in [0, 0.05) is 47.9 Å². The number of aryl methyl sites for hydroxylation is 1. The van der Waals surface area contributed by atoms with Crippen LogP contribution in [0.3, 0.4) is 0 Å².